The Bertz CT molecular complexity index is 1510. The van der Waals surface area contributed by atoms with Crippen molar-refractivity contribution in [1.29, 1.82) is 0 Å². The summed E-state index contributed by atoms with van der Waals surface area (Å²) < 4.78 is 21.0. The molecule has 0 aliphatic heterocycles. The molecular weight excluding hydrogens is 435 g/mol. The lowest BCUT2D eigenvalue weighted by atomic mass is 10.1. The maximum Gasteiger partial charge on any atom is 0.407 e. The largest absolute Gasteiger partial charge is 0.445 e. The van der Waals surface area contributed by atoms with Crippen molar-refractivity contribution in [2.45, 2.75) is 13.2 Å². The predicted octanol–water partition coefficient (Wildman–Crippen LogP) is 4.72. The first kappa shape index (κ1) is 21.4. The summed E-state index contributed by atoms with van der Waals surface area (Å²) in [5, 5.41) is 6.65. The van der Waals surface area contributed by atoms with Crippen LogP contribution in [-0.2, 0) is 24.9 Å². The second-order valence-electron chi connectivity index (χ2n) is 7.93. The van der Waals surface area contributed by atoms with Crippen molar-refractivity contribution in [1.82, 2.24) is 24.8 Å². The van der Waals surface area contributed by atoms with Gasteiger partial charge in [-0.1, -0.05) is 36.4 Å². The predicted molar refractivity (Wildman–Crippen MR) is 129 cm³/mol. The van der Waals surface area contributed by atoms with Gasteiger partial charge in [-0.3, -0.25) is 0 Å². The third kappa shape index (κ3) is 4.03. The summed E-state index contributed by atoms with van der Waals surface area (Å²) in [6, 6.07) is 16.1. The second-order valence-corrected chi connectivity index (χ2v) is 7.93. The molecule has 172 valence electrons. The van der Waals surface area contributed by atoms with Crippen molar-refractivity contribution in [3.8, 4) is 11.3 Å². The Morgan fingerprint density at radius 2 is 2.03 bits per heavy atom. The van der Waals surface area contributed by atoms with Gasteiger partial charge in [0.05, 0.1) is 11.8 Å². The number of benzene rings is 2. The number of hydrogen-bond acceptors (Lipinski definition) is 5. The van der Waals surface area contributed by atoms with Crippen LogP contribution in [0.15, 0.2) is 60.9 Å². The Kier molecular flexibility index (Phi) is 5.59. The number of halogens is 1. The van der Waals surface area contributed by atoms with Crippen LogP contribution in [0.25, 0.3) is 33.3 Å². The normalized spacial score (nSPS) is 11.1. The van der Waals surface area contributed by atoms with Crippen molar-refractivity contribution in [3.05, 3.63) is 77.9 Å². The van der Waals surface area contributed by atoms with E-state index in [2.05, 4.69) is 25.6 Å². The molecule has 2 aromatic carbocycles. The standard InChI is InChI=1S/C25H23FN6O2/c1-27-24-21-22(32(2)14-29-21)18-11-20(30-23(18)31-24)16-8-5-6-15(10-16)13-34-25(33)28-12-17-7-3-4-9-19(17)26/h3-11,14H,12-13H2,1-2H3,(H,28,33)(H2,27,30,31). The van der Waals surface area contributed by atoms with Crippen molar-refractivity contribution in [3.63, 3.8) is 0 Å². The molecule has 0 saturated carbocycles. The SMILES string of the molecule is CNc1nc2[nH]c(-c3cccc(COC(=O)NCc4ccccc4F)c3)cc2c2c1ncn2C. The van der Waals surface area contributed by atoms with Gasteiger partial charge in [-0.05, 0) is 29.3 Å². The van der Waals surface area contributed by atoms with Crippen molar-refractivity contribution >= 4 is 34.0 Å². The average molecular weight is 458 g/mol. The lowest BCUT2D eigenvalue weighted by molar-refractivity contribution is 0.139. The first-order valence-corrected chi connectivity index (χ1v) is 10.8. The number of nitrogens with zero attached hydrogens (tertiary/aromatic N) is 3. The van der Waals surface area contributed by atoms with Gasteiger partial charge >= 0.3 is 6.09 Å². The molecular formula is C25H23FN6O2. The van der Waals surface area contributed by atoms with Crippen LogP contribution in [0, 0.1) is 5.82 Å². The van der Waals surface area contributed by atoms with Gasteiger partial charge in [-0.25, -0.2) is 19.2 Å². The van der Waals surface area contributed by atoms with E-state index in [1.54, 1.807) is 24.5 Å². The monoisotopic (exact) mass is 458 g/mol. The first-order chi connectivity index (χ1) is 16.5. The molecule has 3 aromatic heterocycles. The molecule has 5 aromatic rings. The van der Waals surface area contributed by atoms with Gasteiger partial charge < -0.3 is 24.9 Å². The highest BCUT2D eigenvalue weighted by atomic mass is 19.1. The topological polar surface area (TPSA) is 96.9 Å². The molecule has 0 fully saturated rings. The minimum absolute atomic E-state index is 0.0602. The molecule has 0 unspecified atom stereocenters. The zero-order valence-electron chi connectivity index (χ0n) is 18.7. The number of fused-ring (bicyclic) bond motifs is 3. The highest BCUT2D eigenvalue weighted by Crippen LogP contribution is 2.31. The number of carbonyl (C=O) groups excluding carboxylic acids is 1. The number of pyridine rings is 1. The molecule has 0 atom stereocenters. The van der Waals surface area contributed by atoms with E-state index >= 15 is 0 Å². The number of carbonyl (C=O) groups is 1. The van der Waals surface area contributed by atoms with E-state index in [0.29, 0.717) is 11.4 Å². The number of aromatic amines is 1. The molecule has 0 aliphatic rings. The minimum atomic E-state index is -0.610. The lowest BCUT2D eigenvalue weighted by Crippen LogP contribution is -2.24. The fraction of sp³-hybridized carbons (Fsp3) is 0.160. The lowest BCUT2D eigenvalue weighted by Gasteiger charge is -2.08. The number of ether oxygens (including phenoxy) is 1. The van der Waals surface area contributed by atoms with Crippen molar-refractivity contribution in [2.75, 3.05) is 12.4 Å². The van der Waals surface area contributed by atoms with Gasteiger partial charge in [-0.15, -0.1) is 0 Å². The van der Waals surface area contributed by atoms with E-state index in [0.717, 1.165) is 38.9 Å². The molecule has 0 saturated heterocycles. The third-order valence-electron chi connectivity index (χ3n) is 5.66. The molecule has 1 amide bonds. The van der Waals surface area contributed by atoms with E-state index in [1.807, 2.05) is 49.0 Å². The van der Waals surface area contributed by atoms with Gasteiger partial charge in [-0.2, -0.15) is 0 Å². The molecule has 34 heavy (non-hydrogen) atoms. The van der Waals surface area contributed by atoms with Crippen LogP contribution in [0.2, 0.25) is 0 Å². The van der Waals surface area contributed by atoms with Gasteiger partial charge in [0, 0.05) is 37.3 Å². The number of imidazole rings is 1. The summed E-state index contributed by atoms with van der Waals surface area (Å²) in [4.78, 5) is 24.6. The molecule has 9 heteroatoms. The maximum atomic E-state index is 13.7. The van der Waals surface area contributed by atoms with Crippen LogP contribution < -0.4 is 10.6 Å². The number of rotatable bonds is 6. The number of anilines is 1. The quantitative estimate of drug-likeness (QED) is 0.342. The minimum Gasteiger partial charge on any atom is -0.445 e. The molecule has 0 aliphatic carbocycles. The number of H-pyrrole nitrogens is 1. The van der Waals surface area contributed by atoms with Crippen molar-refractivity contribution in [2.24, 2.45) is 7.05 Å². The van der Waals surface area contributed by atoms with E-state index in [9.17, 15) is 9.18 Å². The maximum absolute atomic E-state index is 13.7. The summed E-state index contributed by atoms with van der Waals surface area (Å²) in [6.07, 6.45) is 1.16. The molecule has 0 radical (unpaired) electrons. The summed E-state index contributed by atoms with van der Waals surface area (Å²) in [5.74, 6) is 0.341. The third-order valence-corrected chi connectivity index (χ3v) is 5.66. The summed E-state index contributed by atoms with van der Waals surface area (Å²) in [6.45, 7) is 0.149. The van der Waals surface area contributed by atoms with Crippen LogP contribution in [-0.4, -0.2) is 32.7 Å². The second kappa shape index (κ2) is 8.86. The molecule has 8 nitrogen and oxygen atoms in total. The van der Waals surface area contributed by atoms with Gasteiger partial charge in [0.25, 0.3) is 0 Å². The van der Waals surface area contributed by atoms with Gasteiger partial charge in [0.15, 0.2) is 5.82 Å². The highest BCUT2D eigenvalue weighted by Gasteiger charge is 2.15. The van der Waals surface area contributed by atoms with E-state index in [1.165, 1.54) is 6.07 Å². The Hall–Kier alpha value is -4.40. The number of amides is 1. The van der Waals surface area contributed by atoms with Crippen molar-refractivity contribution < 1.29 is 13.9 Å². The zero-order valence-corrected chi connectivity index (χ0v) is 18.7. The van der Waals surface area contributed by atoms with Crippen LogP contribution in [0.3, 0.4) is 0 Å². The highest BCUT2D eigenvalue weighted by molar-refractivity contribution is 6.07. The Morgan fingerprint density at radius 3 is 2.85 bits per heavy atom. The number of hydrogen-bond donors (Lipinski definition) is 3. The molecule has 0 spiro atoms. The average Bonchev–Trinajstić information content (AvgIpc) is 3.45. The number of aromatic nitrogens is 4. The van der Waals surface area contributed by atoms with E-state index in [4.69, 9.17) is 4.74 Å². The first-order valence-electron chi connectivity index (χ1n) is 10.8. The van der Waals surface area contributed by atoms with Gasteiger partial charge in [0.1, 0.15) is 23.6 Å². The van der Waals surface area contributed by atoms with Gasteiger partial charge in [0.2, 0.25) is 0 Å². The fourth-order valence-electron chi connectivity index (χ4n) is 3.97. The smallest absolute Gasteiger partial charge is 0.407 e. The summed E-state index contributed by atoms with van der Waals surface area (Å²) in [7, 11) is 3.78. The molecule has 3 N–H and O–H groups in total. The Balaban J connectivity index is 1.33. The number of aryl methyl sites for hydroxylation is 1. The number of nitrogens with one attached hydrogen (secondary N) is 3. The van der Waals surface area contributed by atoms with Crippen LogP contribution in [0.1, 0.15) is 11.1 Å². The summed E-state index contributed by atoms with van der Waals surface area (Å²) >= 11 is 0. The van der Waals surface area contributed by atoms with E-state index < -0.39 is 6.09 Å². The summed E-state index contributed by atoms with van der Waals surface area (Å²) in [5.41, 5.74) is 5.61. The molecule has 3 heterocycles. The Labute approximate surface area is 194 Å². The zero-order chi connectivity index (χ0) is 23.7. The molecule has 5 rings (SSSR count). The van der Waals surface area contributed by atoms with Crippen LogP contribution in [0.4, 0.5) is 15.0 Å². The van der Waals surface area contributed by atoms with Crippen LogP contribution in [0.5, 0.6) is 0 Å². The van der Waals surface area contributed by atoms with E-state index in [-0.39, 0.29) is 19.0 Å². The molecule has 0 bridgehead atoms. The fourth-order valence-corrected chi connectivity index (χ4v) is 3.97. The number of alkyl carbamates (subject to hydrolysis) is 1. The van der Waals surface area contributed by atoms with Crippen LogP contribution >= 0.6 is 0 Å². The Morgan fingerprint density at radius 1 is 1.18 bits per heavy atom.